The first-order chi connectivity index (χ1) is 8.58. The molecule has 0 aliphatic carbocycles. The Hall–Kier alpha value is -1.48. The molecule has 0 aliphatic rings. The van der Waals surface area contributed by atoms with Gasteiger partial charge < -0.3 is 10.2 Å². The van der Waals surface area contributed by atoms with E-state index in [0.717, 1.165) is 12.0 Å². The fourth-order valence-electron chi connectivity index (χ4n) is 2.18. The van der Waals surface area contributed by atoms with E-state index < -0.39 is 0 Å². The Morgan fingerprint density at radius 1 is 1.17 bits per heavy atom. The molecule has 2 aromatic rings. The van der Waals surface area contributed by atoms with Crippen molar-refractivity contribution in [2.24, 2.45) is 5.92 Å². The predicted octanol–water partition coefficient (Wildman–Crippen LogP) is 4.34. The second-order valence-corrected chi connectivity index (χ2v) is 5.92. The van der Waals surface area contributed by atoms with Gasteiger partial charge in [0.15, 0.2) is 0 Å². The zero-order valence-corrected chi connectivity index (χ0v) is 11.4. The summed E-state index contributed by atoms with van der Waals surface area (Å²) >= 11 is 1.71. The van der Waals surface area contributed by atoms with E-state index in [1.54, 1.807) is 17.4 Å². The predicted molar refractivity (Wildman–Crippen MR) is 75.4 cm³/mol. The summed E-state index contributed by atoms with van der Waals surface area (Å²) in [6.45, 7) is 4.36. The van der Waals surface area contributed by atoms with Crippen LogP contribution < -0.4 is 0 Å². The lowest BCUT2D eigenvalue weighted by molar-refractivity contribution is 0.438. The van der Waals surface area contributed by atoms with Crippen molar-refractivity contribution in [1.29, 1.82) is 0 Å². The molecule has 0 aliphatic heterocycles. The van der Waals surface area contributed by atoms with Crippen molar-refractivity contribution in [2.45, 2.75) is 26.2 Å². The first-order valence-corrected chi connectivity index (χ1v) is 7.01. The number of phenols is 2. The highest BCUT2D eigenvalue weighted by Crippen LogP contribution is 2.39. The number of rotatable bonds is 4. The Labute approximate surface area is 112 Å². The van der Waals surface area contributed by atoms with Crippen molar-refractivity contribution in [3.8, 4) is 11.5 Å². The Morgan fingerprint density at radius 2 is 1.94 bits per heavy atom. The zero-order chi connectivity index (χ0) is 13.1. The highest BCUT2D eigenvalue weighted by Gasteiger charge is 2.20. The fourth-order valence-corrected chi connectivity index (χ4v) is 3.04. The molecule has 1 aromatic heterocycles. The average Bonchev–Trinajstić information content (AvgIpc) is 2.79. The van der Waals surface area contributed by atoms with E-state index in [-0.39, 0.29) is 17.4 Å². The Morgan fingerprint density at radius 3 is 2.50 bits per heavy atom. The maximum absolute atomic E-state index is 10.0. The normalized spacial score (nSPS) is 12.8. The van der Waals surface area contributed by atoms with Gasteiger partial charge in [0.1, 0.15) is 11.5 Å². The lowest BCUT2D eigenvalue weighted by atomic mass is 9.88. The van der Waals surface area contributed by atoms with Crippen molar-refractivity contribution in [3.05, 3.63) is 46.2 Å². The molecule has 0 amide bonds. The van der Waals surface area contributed by atoms with E-state index in [2.05, 4.69) is 25.3 Å². The highest BCUT2D eigenvalue weighted by atomic mass is 32.1. The Balaban J connectivity index is 2.40. The van der Waals surface area contributed by atoms with Crippen molar-refractivity contribution in [3.63, 3.8) is 0 Å². The number of phenolic OH excluding ortho intramolecular Hbond substituents is 2. The van der Waals surface area contributed by atoms with Gasteiger partial charge in [0.2, 0.25) is 0 Å². The summed E-state index contributed by atoms with van der Waals surface area (Å²) in [4.78, 5) is 1.25. The number of hydrogen-bond acceptors (Lipinski definition) is 3. The molecule has 0 spiro atoms. The topological polar surface area (TPSA) is 40.5 Å². The smallest absolute Gasteiger partial charge is 0.123 e. The van der Waals surface area contributed by atoms with E-state index in [9.17, 15) is 10.2 Å². The lowest BCUT2D eigenvalue weighted by Gasteiger charge is -2.19. The molecule has 2 nitrogen and oxygen atoms in total. The van der Waals surface area contributed by atoms with Gasteiger partial charge in [-0.05, 0) is 29.9 Å². The number of hydrogen-bond donors (Lipinski definition) is 2. The summed E-state index contributed by atoms with van der Waals surface area (Å²) in [6.07, 6.45) is 0.985. The van der Waals surface area contributed by atoms with Crippen molar-refractivity contribution in [1.82, 2.24) is 0 Å². The molecule has 18 heavy (non-hydrogen) atoms. The molecule has 0 bridgehead atoms. The van der Waals surface area contributed by atoms with E-state index in [4.69, 9.17) is 0 Å². The molecule has 96 valence electrons. The molecule has 0 saturated heterocycles. The minimum atomic E-state index is 0.103. The van der Waals surface area contributed by atoms with Crippen LogP contribution in [0.3, 0.4) is 0 Å². The summed E-state index contributed by atoms with van der Waals surface area (Å²) in [7, 11) is 0. The molecular weight excluding hydrogens is 244 g/mol. The van der Waals surface area contributed by atoms with E-state index in [0.29, 0.717) is 5.92 Å². The van der Waals surface area contributed by atoms with E-state index >= 15 is 0 Å². The second kappa shape index (κ2) is 5.44. The van der Waals surface area contributed by atoms with Gasteiger partial charge in [-0.2, -0.15) is 0 Å². The number of aromatic hydroxyl groups is 2. The van der Waals surface area contributed by atoms with Crippen molar-refractivity contribution in [2.75, 3.05) is 0 Å². The molecule has 1 aromatic carbocycles. The molecule has 1 atom stereocenters. The molecule has 2 rings (SSSR count). The van der Waals surface area contributed by atoms with Crippen LogP contribution in [0, 0.1) is 5.92 Å². The first-order valence-electron chi connectivity index (χ1n) is 6.13. The van der Waals surface area contributed by atoms with Crippen LogP contribution in [0.1, 0.15) is 36.6 Å². The minimum Gasteiger partial charge on any atom is -0.508 e. The summed E-state index contributed by atoms with van der Waals surface area (Å²) in [5, 5.41) is 21.4. The van der Waals surface area contributed by atoms with Crippen LogP contribution >= 0.6 is 11.3 Å². The average molecular weight is 262 g/mol. The van der Waals surface area contributed by atoms with E-state index in [1.807, 2.05) is 12.1 Å². The third kappa shape index (κ3) is 2.85. The summed E-state index contributed by atoms with van der Waals surface area (Å²) in [6, 6.07) is 9.00. The van der Waals surface area contributed by atoms with Gasteiger partial charge in [-0.1, -0.05) is 26.0 Å². The summed E-state index contributed by atoms with van der Waals surface area (Å²) in [5.74, 6) is 1.02. The van der Waals surface area contributed by atoms with Crippen LogP contribution in [0.25, 0.3) is 0 Å². The van der Waals surface area contributed by atoms with Crippen molar-refractivity contribution >= 4 is 11.3 Å². The van der Waals surface area contributed by atoms with Crippen LogP contribution in [-0.2, 0) is 0 Å². The molecule has 1 unspecified atom stereocenters. The monoisotopic (exact) mass is 262 g/mol. The minimum absolute atomic E-state index is 0.103. The number of thiophene rings is 1. The van der Waals surface area contributed by atoms with Gasteiger partial charge >= 0.3 is 0 Å². The van der Waals surface area contributed by atoms with Crippen LogP contribution in [-0.4, -0.2) is 10.2 Å². The maximum Gasteiger partial charge on any atom is 0.123 e. The Bertz CT molecular complexity index is 503. The lowest BCUT2D eigenvalue weighted by Crippen LogP contribution is -2.03. The van der Waals surface area contributed by atoms with Gasteiger partial charge in [0.25, 0.3) is 0 Å². The van der Waals surface area contributed by atoms with E-state index in [1.165, 1.54) is 10.9 Å². The number of benzene rings is 1. The summed E-state index contributed by atoms with van der Waals surface area (Å²) in [5.41, 5.74) is 0.893. The van der Waals surface area contributed by atoms with Crippen LogP contribution in [0.2, 0.25) is 0 Å². The molecule has 0 radical (unpaired) electrons. The molecule has 0 fully saturated rings. The third-order valence-corrected chi connectivity index (χ3v) is 3.97. The Kier molecular flexibility index (Phi) is 3.92. The highest BCUT2D eigenvalue weighted by molar-refractivity contribution is 7.10. The first kappa shape index (κ1) is 13.0. The summed E-state index contributed by atoms with van der Waals surface area (Å²) < 4.78 is 0. The standard InChI is InChI=1S/C15H18O2S/c1-10(2)8-13(15-4-3-7-18-15)12-6-5-11(16)9-14(12)17/h3-7,9-10,13,16-17H,8H2,1-2H3. The molecule has 3 heteroatoms. The maximum atomic E-state index is 10.0. The second-order valence-electron chi connectivity index (χ2n) is 4.94. The van der Waals surface area contributed by atoms with Gasteiger partial charge in [-0.3, -0.25) is 0 Å². The van der Waals surface area contributed by atoms with Crippen LogP contribution in [0.15, 0.2) is 35.7 Å². The van der Waals surface area contributed by atoms with Gasteiger partial charge in [0.05, 0.1) is 0 Å². The molecular formula is C15H18O2S. The van der Waals surface area contributed by atoms with Crippen LogP contribution in [0.5, 0.6) is 11.5 Å². The third-order valence-electron chi connectivity index (χ3n) is 2.98. The molecule has 0 saturated carbocycles. The van der Waals surface area contributed by atoms with Gasteiger partial charge in [0, 0.05) is 22.4 Å². The van der Waals surface area contributed by atoms with Crippen molar-refractivity contribution < 1.29 is 10.2 Å². The molecule has 1 heterocycles. The zero-order valence-electron chi connectivity index (χ0n) is 10.6. The van der Waals surface area contributed by atoms with Gasteiger partial charge in [-0.15, -0.1) is 11.3 Å². The largest absolute Gasteiger partial charge is 0.508 e. The SMILES string of the molecule is CC(C)CC(c1cccs1)c1ccc(O)cc1O. The van der Waals surface area contributed by atoms with Crippen LogP contribution in [0.4, 0.5) is 0 Å². The fraction of sp³-hybridized carbons (Fsp3) is 0.333. The molecule has 2 N–H and O–H groups in total. The quantitative estimate of drug-likeness (QED) is 0.860. The van der Waals surface area contributed by atoms with Gasteiger partial charge in [-0.25, -0.2) is 0 Å².